The Bertz CT molecular complexity index is 195. The second kappa shape index (κ2) is 18.9. The fourth-order valence-corrected chi connectivity index (χ4v) is 2.08. The largest absolute Gasteiger partial charge is 0.379 e. The summed E-state index contributed by atoms with van der Waals surface area (Å²) in [6, 6.07) is 0. The molecule has 0 N–H and O–H groups in total. The first-order valence-corrected chi connectivity index (χ1v) is 9.30. The van der Waals surface area contributed by atoms with Crippen LogP contribution in [0.15, 0.2) is 0 Å². The summed E-state index contributed by atoms with van der Waals surface area (Å²) >= 11 is 0. The first-order valence-electron chi connectivity index (χ1n) is 9.30. The van der Waals surface area contributed by atoms with Crippen molar-refractivity contribution in [1.82, 2.24) is 4.90 Å². The Kier molecular flexibility index (Phi) is 18.8. The summed E-state index contributed by atoms with van der Waals surface area (Å²) in [4.78, 5) is 2.52. The van der Waals surface area contributed by atoms with Gasteiger partial charge in [0.05, 0.1) is 33.0 Å². The average molecular weight is 318 g/mol. The topological polar surface area (TPSA) is 30.9 Å². The molecule has 0 saturated carbocycles. The third kappa shape index (κ3) is 16.2. The van der Waals surface area contributed by atoms with Crippen LogP contribution in [0.2, 0.25) is 0 Å². The van der Waals surface area contributed by atoms with Crippen molar-refractivity contribution in [3.8, 4) is 0 Å². The SMILES string of the molecule is CCCCOCCOCCOCCN(CCCC)CCCC. The normalized spacial score (nSPS) is 11.5. The van der Waals surface area contributed by atoms with Crippen LogP contribution in [0, 0.1) is 0 Å². The molecule has 0 heterocycles. The molecule has 0 aliphatic rings. The van der Waals surface area contributed by atoms with Crippen molar-refractivity contribution in [1.29, 1.82) is 0 Å². The van der Waals surface area contributed by atoms with Crippen molar-refractivity contribution in [2.75, 3.05) is 59.3 Å². The van der Waals surface area contributed by atoms with Gasteiger partial charge >= 0.3 is 0 Å². The summed E-state index contributed by atoms with van der Waals surface area (Å²) in [7, 11) is 0. The molecule has 0 aliphatic heterocycles. The molecule has 0 saturated heterocycles. The van der Waals surface area contributed by atoms with E-state index in [9.17, 15) is 0 Å². The molecule has 0 spiro atoms. The number of hydrogen-bond acceptors (Lipinski definition) is 4. The lowest BCUT2D eigenvalue weighted by Gasteiger charge is -2.21. The zero-order valence-electron chi connectivity index (χ0n) is 15.3. The maximum atomic E-state index is 5.66. The molecule has 0 aliphatic carbocycles. The molecular weight excluding hydrogens is 278 g/mol. The molecule has 0 radical (unpaired) electrons. The van der Waals surface area contributed by atoms with Gasteiger partial charge in [-0.3, -0.25) is 0 Å². The molecule has 0 aromatic carbocycles. The highest BCUT2D eigenvalue weighted by molar-refractivity contribution is 4.57. The number of hydrogen-bond donors (Lipinski definition) is 0. The number of nitrogens with zero attached hydrogens (tertiary/aromatic N) is 1. The molecule has 0 atom stereocenters. The quantitative estimate of drug-likeness (QED) is 0.360. The van der Waals surface area contributed by atoms with Crippen LogP contribution in [0.3, 0.4) is 0 Å². The van der Waals surface area contributed by atoms with Gasteiger partial charge in [-0.05, 0) is 32.4 Å². The first-order chi connectivity index (χ1) is 10.8. The Balaban J connectivity index is 3.33. The Hall–Kier alpha value is -0.160. The van der Waals surface area contributed by atoms with E-state index in [-0.39, 0.29) is 0 Å². The van der Waals surface area contributed by atoms with Crippen molar-refractivity contribution in [2.24, 2.45) is 0 Å². The van der Waals surface area contributed by atoms with Crippen molar-refractivity contribution in [2.45, 2.75) is 59.3 Å². The highest BCUT2D eigenvalue weighted by Gasteiger charge is 2.03. The van der Waals surface area contributed by atoms with Crippen molar-refractivity contribution in [3.63, 3.8) is 0 Å². The Morgan fingerprint density at radius 3 is 1.45 bits per heavy atom. The van der Waals surface area contributed by atoms with Gasteiger partial charge < -0.3 is 19.1 Å². The molecule has 0 bridgehead atoms. The zero-order chi connectivity index (χ0) is 16.3. The lowest BCUT2D eigenvalue weighted by molar-refractivity contribution is 0.0100. The Morgan fingerprint density at radius 2 is 0.955 bits per heavy atom. The van der Waals surface area contributed by atoms with E-state index in [0.29, 0.717) is 26.4 Å². The predicted molar refractivity (Wildman–Crippen MR) is 93.6 cm³/mol. The number of unbranched alkanes of at least 4 members (excludes halogenated alkanes) is 3. The molecule has 0 amide bonds. The maximum absolute atomic E-state index is 5.66. The summed E-state index contributed by atoms with van der Waals surface area (Å²) in [5, 5.41) is 0. The minimum atomic E-state index is 0.668. The minimum Gasteiger partial charge on any atom is -0.379 e. The Morgan fingerprint density at radius 1 is 0.500 bits per heavy atom. The van der Waals surface area contributed by atoms with Gasteiger partial charge in [0, 0.05) is 13.2 Å². The monoisotopic (exact) mass is 317 g/mol. The van der Waals surface area contributed by atoms with Gasteiger partial charge in [0.25, 0.3) is 0 Å². The van der Waals surface area contributed by atoms with Crippen LogP contribution in [0.1, 0.15) is 59.3 Å². The van der Waals surface area contributed by atoms with E-state index < -0.39 is 0 Å². The van der Waals surface area contributed by atoms with Gasteiger partial charge in [0.15, 0.2) is 0 Å². The fourth-order valence-electron chi connectivity index (χ4n) is 2.08. The Labute approximate surface area is 138 Å². The molecule has 4 heteroatoms. The molecule has 4 nitrogen and oxygen atoms in total. The van der Waals surface area contributed by atoms with Gasteiger partial charge in [0.2, 0.25) is 0 Å². The van der Waals surface area contributed by atoms with Crippen LogP contribution in [-0.2, 0) is 14.2 Å². The van der Waals surface area contributed by atoms with Gasteiger partial charge in [-0.1, -0.05) is 40.0 Å². The van der Waals surface area contributed by atoms with Gasteiger partial charge in [-0.25, -0.2) is 0 Å². The molecule has 0 aromatic heterocycles. The second-order valence-corrected chi connectivity index (χ2v) is 5.74. The van der Waals surface area contributed by atoms with E-state index in [0.717, 1.165) is 26.2 Å². The molecule has 0 fully saturated rings. The molecule has 22 heavy (non-hydrogen) atoms. The van der Waals surface area contributed by atoms with Crippen LogP contribution in [-0.4, -0.2) is 64.2 Å². The second-order valence-electron chi connectivity index (χ2n) is 5.74. The fraction of sp³-hybridized carbons (Fsp3) is 1.00. The maximum Gasteiger partial charge on any atom is 0.0701 e. The molecule has 0 aromatic rings. The van der Waals surface area contributed by atoms with Gasteiger partial charge in [0.1, 0.15) is 0 Å². The van der Waals surface area contributed by atoms with E-state index in [1.165, 1.54) is 45.2 Å². The van der Waals surface area contributed by atoms with Crippen LogP contribution < -0.4 is 0 Å². The van der Waals surface area contributed by atoms with E-state index in [1.54, 1.807) is 0 Å². The zero-order valence-corrected chi connectivity index (χ0v) is 15.3. The van der Waals surface area contributed by atoms with Gasteiger partial charge in [-0.15, -0.1) is 0 Å². The molecule has 134 valence electrons. The van der Waals surface area contributed by atoms with Gasteiger partial charge in [-0.2, -0.15) is 0 Å². The average Bonchev–Trinajstić information content (AvgIpc) is 2.54. The van der Waals surface area contributed by atoms with E-state index in [2.05, 4.69) is 25.7 Å². The molecule has 0 rings (SSSR count). The third-order valence-corrected chi connectivity index (χ3v) is 3.59. The smallest absolute Gasteiger partial charge is 0.0701 e. The lowest BCUT2D eigenvalue weighted by Crippen LogP contribution is -2.30. The van der Waals surface area contributed by atoms with E-state index in [4.69, 9.17) is 14.2 Å². The number of rotatable bonds is 18. The standard InChI is InChI=1S/C18H39NO3/c1-4-7-10-19(11-8-5-2)12-14-21-16-18-22-17-15-20-13-9-6-3/h4-18H2,1-3H3. The summed E-state index contributed by atoms with van der Waals surface area (Å²) < 4.78 is 16.6. The van der Waals surface area contributed by atoms with E-state index >= 15 is 0 Å². The highest BCUT2D eigenvalue weighted by Crippen LogP contribution is 1.99. The summed E-state index contributed by atoms with van der Waals surface area (Å²) in [6.07, 6.45) is 7.41. The van der Waals surface area contributed by atoms with Crippen LogP contribution in [0.5, 0.6) is 0 Å². The van der Waals surface area contributed by atoms with E-state index in [1.807, 2.05) is 0 Å². The molecular formula is C18H39NO3. The summed E-state index contributed by atoms with van der Waals surface area (Å²) in [6.45, 7) is 14.5. The third-order valence-electron chi connectivity index (χ3n) is 3.59. The van der Waals surface area contributed by atoms with Crippen molar-refractivity contribution >= 4 is 0 Å². The van der Waals surface area contributed by atoms with Crippen LogP contribution >= 0.6 is 0 Å². The van der Waals surface area contributed by atoms with Crippen LogP contribution in [0.25, 0.3) is 0 Å². The highest BCUT2D eigenvalue weighted by atomic mass is 16.5. The van der Waals surface area contributed by atoms with Crippen LogP contribution in [0.4, 0.5) is 0 Å². The van der Waals surface area contributed by atoms with Crippen molar-refractivity contribution < 1.29 is 14.2 Å². The van der Waals surface area contributed by atoms with Crippen molar-refractivity contribution in [3.05, 3.63) is 0 Å². The lowest BCUT2D eigenvalue weighted by atomic mass is 10.2. The first kappa shape index (κ1) is 21.8. The summed E-state index contributed by atoms with van der Waals surface area (Å²) in [5.74, 6) is 0. The summed E-state index contributed by atoms with van der Waals surface area (Å²) in [5.41, 5.74) is 0. The number of ether oxygens (including phenoxy) is 3. The predicted octanol–water partition coefficient (Wildman–Crippen LogP) is 3.74. The minimum absolute atomic E-state index is 0.668. The molecule has 0 unspecified atom stereocenters.